The van der Waals surface area contributed by atoms with Crippen molar-refractivity contribution in [2.24, 2.45) is 11.8 Å². The summed E-state index contributed by atoms with van der Waals surface area (Å²) in [6.07, 6.45) is 1.97. The minimum atomic E-state index is -0.155. The van der Waals surface area contributed by atoms with Crippen LogP contribution in [0, 0.1) is 25.6 Å². The van der Waals surface area contributed by atoms with E-state index in [1.54, 1.807) is 6.07 Å². The molecule has 1 unspecified atom stereocenters. The molecule has 2 nitrogen and oxygen atoms in total. The Bertz CT molecular complexity index is 349. The van der Waals surface area contributed by atoms with Crippen LogP contribution in [0.4, 0.5) is 4.39 Å². The smallest absolute Gasteiger partial charge is 0.128 e. The largest absolute Gasteiger partial charge is 0.271 e. The number of benzene rings is 1. The van der Waals surface area contributed by atoms with Crippen molar-refractivity contribution in [3.63, 3.8) is 0 Å². The lowest BCUT2D eigenvalue weighted by molar-refractivity contribution is 0.335. The van der Waals surface area contributed by atoms with Gasteiger partial charge in [0.1, 0.15) is 5.82 Å². The van der Waals surface area contributed by atoms with Crippen molar-refractivity contribution in [2.45, 2.75) is 46.6 Å². The predicted molar refractivity (Wildman–Crippen MR) is 70.0 cm³/mol. The van der Waals surface area contributed by atoms with E-state index in [0.29, 0.717) is 11.5 Å². The van der Waals surface area contributed by atoms with Crippen LogP contribution < -0.4 is 11.3 Å². The van der Waals surface area contributed by atoms with E-state index in [9.17, 15) is 4.39 Å². The molecule has 0 fully saturated rings. The monoisotopic (exact) mass is 238 g/mol. The van der Waals surface area contributed by atoms with Gasteiger partial charge in [-0.3, -0.25) is 11.3 Å². The third-order valence-corrected chi connectivity index (χ3v) is 3.49. The first kappa shape index (κ1) is 14.1. The van der Waals surface area contributed by atoms with E-state index in [1.807, 2.05) is 19.9 Å². The van der Waals surface area contributed by atoms with Gasteiger partial charge in [-0.05, 0) is 37.0 Å². The summed E-state index contributed by atoms with van der Waals surface area (Å²) < 4.78 is 14.1. The average Bonchev–Trinajstić information content (AvgIpc) is 2.27. The average molecular weight is 238 g/mol. The lowest BCUT2D eigenvalue weighted by Gasteiger charge is -2.27. The van der Waals surface area contributed by atoms with Gasteiger partial charge in [-0.2, -0.15) is 0 Å². The quantitative estimate of drug-likeness (QED) is 0.609. The summed E-state index contributed by atoms with van der Waals surface area (Å²) >= 11 is 0. The Balaban J connectivity index is 3.20. The van der Waals surface area contributed by atoms with Gasteiger partial charge in [0.2, 0.25) is 0 Å². The maximum atomic E-state index is 14.1. The fourth-order valence-electron chi connectivity index (χ4n) is 2.54. The van der Waals surface area contributed by atoms with Gasteiger partial charge < -0.3 is 0 Å². The number of hydrogen-bond donors (Lipinski definition) is 2. The molecule has 0 amide bonds. The molecule has 96 valence electrons. The van der Waals surface area contributed by atoms with Crippen molar-refractivity contribution >= 4 is 0 Å². The molecule has 0 aliphatic heterocycles. The molecule has 3 heteroatoms. The van der Waals surface area contributed by atoms with Crippen LogP contribution in [0.2, 0.25) is 0 Å². The maximum Gasteiger partial charge on any atom is 0.128 e. The number of aryl methyl sites for hydroxylation is 2. The second kappa shape index (κ2) is 6.12. The van der Waals surface area contributed by atoms with E-state index in [-0.39, 0.29) is 11.9 Å². The fourth-order valence-corrected chi connectivity index (χ4v) is 2.54. The summed E-state index contributed by atoms with van der Waals surface area (Å²) in [6, 6.07) is 3.48. The summed E-state index contributed by atoms with van der Waals surface area (Å²) in [5.74, 6) is 5.82. The highest BCUT2D eigenvalue weighted by molar-refractivity contribution is 5.34. The van der Waals surface area contributed by atoms with Gasteiger partial charge in [-0.25, -0.2) is 4.39 Å². The number of rotatable bonds is 5. The van der Waals surface area contributed by atoms with Crippen molar-refractivity contribution in [3.05, 3.63) is 34.6 Å². The van der Waals surface area contributed by atoms with E-state index in [1.165, 1.54) is 0 Å². The lowest BCUT2D eigenvalue weighted by Crippen LogP contribution is -2.34. The van der Waals surface area contributed by atoms with Crippen LogP contribution in [0.1, 0.15) is 49.4 Å². The van der Waals surface area contributed by atoms with E-state index in [4.69, 9.17) is 5.84 Å². The highest BCUT2D eigenvalue weighted by atomic mass is 19.1. The van der Waals surface area contributed by atoms with Crippen molar-refractivity contribution in [1.82, 2.24) is 5.43 Å². The summed E-state index contributed by atoms with van der Waals surface area (Å²) in [4.78, 5) is 0. The molecule has 0 saturated carbocycles. The van der Waals surface area contributed by atoms with Gasteiger partial charge in [-0.1, -0.05) is 32.8 Å². The lowest BCUT2D eigenvalue weighted by atomic mass is 9.86. The zero-order valence-electron chi connectivity index (χ0n) is 11.2. The first-order valence-corrected chi connectivity index (χ1v) is 6.27. The summed E-state index contributed by atoms with van der Waals surface area (Å²) in [7, 11) is 0. The number of nitrogens with two attached hydrogens (primary N) is 1. The molecular weight excluding hydrogens is 215 g/mol. The number of hydrazine groups is 1. The predicted octanol–water partition coefficient (Wildman–Crippen LogP) is 3.38. The normalized spacial score (nSPS) is 13.1. The standard InChI is InChI=1S/C14H23FN2/c1-5-11(6-2)14(17-16)13-10(4)7-9(3)8-12(13)15/h7-8,11,14,17H,5-6,16H2,1-4H3. The third kappa shape index (κ3) is 3.05. The zero-order chi connectivity index (χ0) is 13.0. The molecule has 3 N–H and O–H groups in total. The molecule has 0 aromatic heterocycles. The molecular formula is C14H23FN2. The summed E-state index contributed by atoms with van der Waals surface area (Å²) in [5, 5.41) is 0. The van der Waals surface area contributed by atoms with E-state index >= 15 is 0 Å². The Hall–Kier alpha value is -0.930. The summed E-state index contributed by atoms with van der Waals surface area (Å²) in [5.41, 5.74) is 5.41. The van der Waals surface area contributed by atoms with Crippen LogP contribution in [0.25, 0.3) is 0 Å². The molecule has 0 aliphatic carbocycles. The highest BCUT2D eigenvalue weighted by Crippen LogP contribution is 2.31. The Labute approximate surface area is 103 Å². The summed E-state index contributed by atoms with van der Waals surface area (Å²) in [6.45, 7) is 8.07. The number of halogens is 1. The molecule has 0 aliphatic rings. The third-order valence-electron chi connectivity index (χ3n) is 3.49. The molecule has 17 heavy (non-hydrogen) atoms. The van der Waals surface area contributed by atoms with Crippen LogP contribution in [0.15, 0.2) is 12.1 Å². The van der Waals surface area contributed by atoms with Crippen molar-refractivity contribution < 1.29 is 4.39 Å². The van der Waals surface area contributed by atoms with Crippen molar-refractivity contribution in [1.29, 1.82) is 0 Å². The maximum absolute atomic E-state index is 14.1. The molecule has 1 atom stereocenters. The van der Waals surface area contributed by atoms with Crippen LogP contribution in [0.3, 0.4) is 0 Å². The minimum absolute atomic E-state index is 0.106. The topological polar surface area (TPSA) is 38.0 Å². The van der Waals surface area contributed by atoms with Crippen LogP contribution >= 0.6 is 0 Å². The molecule has 1 rings (SSSR count). The molecule has 0 heterocycles. The first-order valence-electron chi connectivity index (χ1n) is 6.27. The highest BCUT2D eigenvalue weighted by Gasteiger charge is 2.23. The van der Waals surface area contributed by atoms with Gasteiger partial charge in [0.25, 0.3) is 0 Å². The van der Waals surface area contributed by atoms with E-state index in [2.05, 4.69) is 19.3 Å². The van der Waals surface area contributed by atoms with E-state index in [0.717, 1.165) is 24.0 Å². The van der Waals surface area contributed by atoms with Gasteiger partial charge in [0.05, 0.1) is 6.04 Å². The minimum Gasteiger partial charge on any atom is -0.271 e. The fraction of sp³-hybridized carbons (Fsp3) is 0.571. The molecule has 0 radical (unpaired) electrons. The number of hydrogen-bond acceptors (Lipinski definition) is 2. The Morgan fingerprint density at radius 2 is 1.82 bits per heavy atom. The van der Waals surface area contributed by atoms with Crippen LogP contribution in [-0.4, -0.2) is 0 Å². The van der Waals surface area contributed by atoms with Crippen molar-refractivity contribution in [2.75, 3.05) is 0 Å². The van der Waals surface area contributed by atoms with Gasteiger partial charge in [0, 0.05) is 5.56 Å². The molecule has 0 saturated heterocycles. The zero-order valence-corrected chi connectivity index (χ0v) is 11.2. The van der Waals surface area contributed by atoms with Crippen LogP contribution in [-0.2, 0) is 0 Å². The SMILES string of the molecule is CCC(CC)C(NN)c1c(C)cc(C)cc1F. The Kier molecular flexibility index (Phi) is 5.09. The molecule has 1 aromatic carbocycles. The van der Waals surface area contributed by atoms with Gasteiger partial charge in [0.15, 0.2) is 0 Å². The van der Waals surface area contributed by atoms with Gasteiger partial charge >= 0.3 is 0 Å². The first-order chi connectivity index (χ1) is 8.04. The Morgan fingerprint density at radius 3 is 2.24 bits per heavy atom. The number of nitrogens with one attached hydrogen (secondary N) is 1. The van der Waals surface area contributed by atoms with Gasteiger partial charge in [-0.15, -0.1) is 0 Å². The molecule has 0 bridgehead atoms. The van der Waals surface area contributed by atoms with Crippen molar-refractivity contribution in [3.8, 4) is 0 Å². The van der Waals surface area contributed by atoms with E-state index < -0.39 is 0 Å². The van der Waals surface area contributed by atoms with Crippen LogP contribution in [0.5, 0.6) is 0 Å². The second-order valence-corrected chi connectivity index (χ2v) is 4.70. The molecule has 0 spiro atoms. The Morgan fingerprint density at radius 1 is 1.24 bits per heavy atom. The molecule has 1 aromatic rings. The second-order valence-electron chi connectivity index (χ2n) is 4.70.